The largest absolute Gasteiger partial charge is 0.457 e. The fraction of sp³-hybridized carbons (Fsp3) is 0.120. The molecule has 1 nitrogen and oxygen atoms in total. The molecule has 6 rings (SSSR count). The van der Waals surface area contributed by atoms with E-state index >= 15 is 0 Å². The molecule has 2 atom stereocenters. The Labute approximate surface area is 167 Å². The molecule has 0 saturated heterocycles. The Morgan fingerprint density at radius 1 is 0.741 bits per heavy atom. The van der Waals surface area contributed by atoms with Crippen LogP contribution in [0.25, 0.3) is 0 Å². The molecule has 2 aliphatic carbocycles. The van der Waals surface area contributed by atoms with Gasteiger partial charge in [0.25, 0.3) is 0 Å². The second-order valence-corrected chi connectivity index (χ2v) is 8.37. The highest BCUT2D eigenvalue weighted by Gasteiger charge is 2.56. The van der Waals surface area contributed by atoms with Crippen molar-refractivity contribution in [3.63, 3.8) is 0 Å². The van der Waals surface area contributed by atoms with E-state index in [-0.39, 0.29) is 5.41 Å². The van der Waals surface area contributed by atoms with Gasteiger partial charge in [0.15, 0.2) is 0 Å². The summed E-state index contributed by atoms with van der Waals surface area (Å²) in [6.07, 6.45) is 9.12. The van der Waals surface area contributed by atoms with E-state index in [1.54, 1.807) is 0 Å². The Hall–Kier alpha value is -2.58. The Bertz CT molecular complexity index is 1100. The number of rotatable bonds is 0. The average molecular weight is 413 g/mol. The lowest BCUT2D eigenvalue weighted by Crippen LogP contribution is -2.37. The van der Waals surface area contributed by atoms with Crippen LogP contribution in [0.2, 0.25) is 0 Å². The van der Waals surface area contributed by atoms with Crippen molar-refractivity contribution >= 4 is 15.9 Å². The molecular formula is C25H17BrO. The zero-order chi connectivity index (χ0) is 18.0. The molecule has 2 unspecified atom stereocenters. The van der Waals surface area contributed by atoms with Crippen molar-refractivity contribution in [1.29, 1.82) is 0 Å². The van der Waals surface area contributed by atoms with Crippen molar-refractivity contribution in [1.82, 2.24) is 0 Å². The summed E-state index contributed by atoms with van der Waals surface area (Å²) < 4.78 is 7.45. The molecule has 130 valence electrons. The third-order valence-corrected chi connectivity index (χ3v) is 6.77. The van der Waals surface area contributed by atoms with Crippen molar-refractivity contribution in [3.8, 4) is 11.5 Å². The van der Waals surface area contributed by atoms with Crippen molar-refractivity contribution in [3.05, 3.63) is 118 Å². The summed E-state index contributed by atoms with van der Waals surface area (Å²) in [5.74, 6) is 2.63. The highest BCUT2D eigenvalue weighted by Crippen LogP contribution is 2.64. The van der Waals surface area contributed by atoms with Gasteiger partial charge in [0.1, 0.15) is 11.5 Å². The summed E-state index contributed by atoms with van der Waals surface area (Å²) in [5, 5.41) is 0. The monoisotopic (exact) mass is 412 g/mol. The van der Waals surface area contributed by atoms with E-state index in [2.05, 4.69) is 107 Å². The summed E-state index contributed by atoms with van der Waals surface area (Å²) in [4.78, 5) is 0. The van der Waals surface area contributed by atoms with Gasteiger partial charge in [0, 0.05) is 27.4 Å². The quantitative estimate of drug-likeness (QED) is 0.397. The molecule has 0 aromatic heterocycles. The lowest BCUT2D eigenvalue weighted by molar-refractivity contribution is 0.374. The van der Waals surface area contributed by atoms with Crippen LogP contribution >= 0.6 is 15.9 Å². The number of hydrogen-bond acceptors (Lipinski definition) is 1. The summed E-state index contributed by atoms with van der Waals surface area (Å²) in [5.41, 5.74) is 5.07. The SMILES string of the molecule is Brc1ccc2c(c1)C1(c3ccccc3Oc3ccccc31)C1C=CC=CC21. The van der Waals surface area contributed by atoms with Gasteiger partial charge in [-0.05, 0) is 35.4 Å². The average Bonchev–Trinajstić information content (AvgIpc) is 2.99. The second kappa shape index (κ2) is 5.46. The van der Waals surface area contributed by atoms with Crippen LogP contribution in [0.15, 0.2) is 95.5 Å². The molecule has 1 aliphatic heterocycles. The molecule has 1 heterocycles. The molecule has 1 spiro atoms. The van der Waals surface area contributed by atoms with Crippen molar-refractivity contribution < 1.29 is 4.74 Å². The maximum absolute atomic E-state index is 6.34. The van der Waals surface area contributed by atoms with E-state index in [4.69, 9.17) is 4.74 Å². The molecule has 0 N–H and O–H groups in total. The minimum absolute atomic E-state index is 0.240. The molecule has 3 aliphatic rings. The summed E-state index contributed by atoms with van der Waals surface area (Å²) in [6, 6.07) is 23.8. The molecular weight excluding hydrogens is 396 g/mol. The zero-order valence-electron chi connectivity index (χ0n) is 14.6. The van der Waals surface area contributed by atoms with Crippen LogP contribution in [0, 0.1) is 5.92 Å². The van der Waals surface area contributed by atoms with Crippen LogP contribution in [0.3, 0.4) is 0 Å². The third kappa shape index (κ3) is 1.89. The Morgan fingerprint density at radius 2 is 1.41 bits per heavy atom. The maximum atomic E-state index is 6.34. The van der Waals surface area contributed by atoms with Crippen molar-refractivity contribution in [2.24, 2.45) is 5.92 Å². The first-order valence-electron chi connectivity index (χ1n) is 9.32. The summed E-state index contributed by atoms with van der Waals surface area (Å²) >= 11 is 3.73. The third-order valence-electron chi connectivity index (χ3n) is 6.28. The lowest BCUT2D eigenvalue weighted by atomic mass is 9.62. The van der Waals surface area contributed by atoms with Crippen LogP contribution in [0.1, 0.15) is 28.2 Å². The highest BCUT2D eigenvalue weighted by atomic mass is 79.9. The smallest absolute Gasteiger partial charge is 0.131 e. The molecule has 0 radical (unpaired) electrons. The number of halogens is 1. The number of para-hydroxylation sites is 2. The standard InChI is InChI=1S/C25H17BrO/c26-16-13-14-18-17-7-1-2-8-19(17)25(22(18)15-16)20-9-3-5-11-23(20)27-24-12-6-4-10-21(24)25/h1-15,17,19H. The van der Waals surface area contributed by atoms with E-state index in [9.17, 15) is 0 Å². The predicted octanol–water partition coefficient (Wildman–Crippen LogP) is 6.73. The number of benzene rings is 3. The van der Waals surface area contributed by atoms with E-state index in [1.165, 1.54) is 22.3 Å². The number of hydrogen-bond donors (Lipinski definition) is 0. The lowest BCUT2D eigenvalue weighted by Gasteiger charge is -2.43. The second-order valence-electron chi connectivity index (χ2n) is 7.46. The van der Waals surface area contributed by atoms with Crippen LogP contribution in [0.4, 0.5) is 0 Å². The van der Waals surface area contributed by atoms with E-state index in [0.717, 1.165) is 16.0 Å². The molecule has 0 amide bonds. The fourth-order valence-corrected chi connectivity index (χ4v) is 5.69. The molecule has 2 heteroatoms. The molecule has 0 fully saturated rings. The van der Waals surface area contributed by atoms with Crippen LogP contribution < -0.4 is 4.74 Å². The van der Waals surface area contributed by atoms with Gasteiger partial charge in [-0.25, -0.2) is 0 Å². The first-order chi connectivity index (χ1) is 13.3. The predicted molar refractivity (Wildman–Crippen MR) is 111 cm³/mol. The van der Waals surface area contributed by atoms with Gasteiger partial charge in [0.05, 0.1) is 5.41 Å². The molecule has 0 saturated carbocycles. The maximum Gasteiger partial charge on any atom is 0.131 e. The van der Waals surface area contributed by atoms with Gasteiger partial charge in [-0.2, -0.15) is 0 Å². The molecule has 0 bridgehead atoms. The van der Waals surface area contributed by atoms with Crippen LogP contribution in [0.5, 0.6) is 11.5 Å². The Morgan fingerprint density at radius 3 is 2.15 bits per heavy atom. The van der Waals surface area contributed by atoms with Gasteiger partial charge in [0.2, 0.25) is 0 Å². The van der Waals surface area contributed by atoms with Gasteiger partial charge >= 0.3 is 0 Å². The van der Waals surface area contributed by atoms with Gasteiger partial charge in [-0.1, -0.05) is 82.7 Å². The Balaban J connectivity index is 1.80. The normalized spacial score (nSPS) is 22.6. The fourth-order valence-electron chi connectivity index (χ4n) is 5.33. The number of fused-ring (bicyclic) bond motifs is 9. The first kappa shape index (κ1) is 15.5. The van der Waals surface area contributed by atoms with Gasteiger partial charge in [-0.15, -0.1) is 0 Å². The molecule has 3 aromatic carbocycles. The Kier molecular flexibility index (Phi) is 3.13. The number of allylic oxidation sites excluding steroid dienone is 4. The van der Waals surface area contributed by atoms with Crippen molar-refractivity contribution in [2.75, 3.05) is 0 Å². The highest BCUT2D eigenvalue weighted by molar-refractivity contribution is 9.10. The molecule has 3 aromatic rings. The minimum atomic E-state index is -0.240. The van der Waals surface area contributed by atoms with Crippen LogP contribution in [-0.4, -0.2) is 0 Å². The van der Waals surface area contributed by atoms with E-state index < -0.39 is 0 Å². The van der Waals surface area contributed by atoms with E-state index in [1.807, 2.05) is 0 Å². The van der Waals surface area contributed by atoms with Gasteiger partial charge < -0.3 is 4.74 Å². The van der Waals surface area contributed by atoms with E-state index in [0.29, 0.717) is 11.8 Å². The topological polar surface area (TPSA) is 9.23 Å². The summed E-state index contributed by atoms with van der Waals surface area (Å²) in [7, 11) is 0. The summed E-state index contributed by atoms with van der Waals surface area (Å²) in [6.45, 7) is 0. The zero-order valence-corrected chi connectivity index (χ0v) is 16.2. The minimum Gasteiger partial charge on any atom is -0.457 e. The van der Waals surface area contributed by atoms with Gasteiger partial charge in [-0.3, -0.25) is 0 Å². The first-order valence-corrected chi connectivity index (χ1v) is 10.1. The molecule has 27 heavy (non-hydrogen) atoms. The number of ether oxygens (including phenoxy) is 1. The van der Waals surface area contributed by atoms with Crippen LogP contribution in [-0.2, 0) is 5.41 Å². The van der Waals surface area contributed by atoms with Crippen molar-refractivity contribution in [2.45, 2.75) is 11.3 Å².